The van der Waals surface area contributed by atoms with Gasteiger partial charge in [0.1, 0.15) is 11.5 Å². The van der Waals surface area contributed by atoms with Gasteiger partial charge in [-0.05, 0) is 67.4 Å². The minimum atomic E-state index is -0.111. The number of aryl methyl sites for hydroxylation is 2. The van der Waals surface area contributed by atoms with Crippen molar-refractivity contribution < 1.29 is 9.53 Å². The van der Waals surface area contributed by atoms with Crippen molar-refractivity contribution in [2.45, 2.75) is 13.8 Å². The predicted molar refractivity (Wildman–Crippen MR) is 96.8 cm³/mol. The molecule has 0 aliphatic heterocycles. The minimum absolute atomic E-state index is 0.111. The lowest BCUT2D eigenvalue weighted by molar-refractivity contribution is 0.102. The van der Waals surface area contributed by atoms with Crippen LogP contribution >= 0.6 is 0 Å². The summed E-state index contributed by atoms with van der Waals surface area (Å²) in [6.07, 6.45) is 0. The molecule has 0 saturated heterocycles. The maximum Gasteiger partial charge on any atom is 0.255 e. The number of benzene rings is 3. The fraction of sp³-hybridized carbons (Fsp3) is 0.0952. The zero-order valence-corrected chi connectivity index (χ0v) is 13.7. The van der Waals surface area contributed by atoms with E-state index in [1.807, 2.05) is 86.6 Å². The topological polar surface area (TPSA) is 38.3 Å². The zero-order chi connectivity index (χ0) is 16.9. The molecule has 0 bridgehead atoms. The molecule has 3 aromatic rings. The molecule has 0 saturated carbocycles. The van der Waals surface area contributed by atoms with Gasteiger partial charge in [-0.2, -0.15) is 0 Å². The van der Waals surface area contributed by atoms with Crippen molar-refractivity contribution >= 4 is 11.6 Å². The molecule has 120 valence electrons. The first-order valence-corrected chi connectivity index (χ1v) is 7.83. The molecule has 0 unspecified atom stereocenters. The molecule has 3 aromatic carbocycles. The van der Waals surface area contributed by atoms with Crippen molar-refractivity contribution in [3.05, 3.63) is 89.5 Å². The van der Waals surface area contributed by atoms with Crippen LogP contribution in [0.5, 0.6) is 11.5 Å². The Labute approximate surface area is 141 Å². The van der Waals surface area contributed by atoms with E-state index in [1.54, 1.807) is 0 Å². The number of rotatable bonds is 4. The van der Waals surface area contributed by atoms with Gasteiger partial charge in [0.15, 0.2) is 0 Å². The molecule has 3 nitrogen and oxygen atoms in total. The standard InChI is InChI=1S/C21H19NO2/c1-15-6-5-8-19(14-15)24-18-12-10-17(11-13-18)22-21(23)20-9-4-3-7-16(20)2/h3-14H,1-2H3,(H,22,23). The normalized spacial score (nSPS) is 10.2. The Morgan fingerprint density at radius 1 is 0.833 bits per heavy atom. The first kappa shape index (κ1) is 15.8. The zero-order valence-electron chi connectivity index (χ0n) is 13.7. The van der Waals surface area contributed by atoms with Crippen molar-refractivity contribution in [3.63, 3.8) is 0 Å². The van der Waals surface area contributed by atoms with Gasteiger partial charge >= 0.3 is 0 Å². The van der Waals surface area contributed by atoms with Crippen LogP contribution in [0.3, 0.4) is 0 Å². The van der Waals surface area contributed by atoms with E-state index < -0.39 is 0 Å². The minimum Gasteiger partial charge on any atom is -0.457 e. The number of nitrogens with one attached hydrogen (secondary N) is 1. The third-order valence-electron chi connectivity index (χ3n) is 3.73. The molecule has 0 fully saturated rings. The second-order valence-corrected chi connectivity index (χ2v) is 5.71. The summed E-state index contributed by atoms with van der Waals surface area (Å²) in [5, 5.41) is 2.90. The van der Waals surface area contributed by atoms with Gasteiger partial charge in [-0.25, -0.2) is 0 Å². The number of carbonyl (C=O) groups excluding carboxylic acids is 1. The molecule has 3 rings (SSSR count). The highest BCUT2D eigenvalue weighted by atomic mass is 16.5. The van der Waals surface area contributed by atoms with E-state index in [9.17, 15) is 4.79 Å². The number of ether oxygens (including phenoxy) is 1. The average Bonchev–Trinajstić information content (AvgIpc) is 2.57. The highest BCUT2D eigenvalue weighted by Crippen LogP contribution is 2.24. The third kappa shape index (κ3) is 3.82. The van der Waals surface area contributed by atoms with E-state index in [2.05, 4.69) is 5.32 Å². The Kier molecular flexibility index (Phi) is 4.62. The van der Waals surface area contributed by atoms with Gasteiger partial charge in [0.25, 0.3) is 5.91 Å². The van der Waals surface area contributed by atoms with E-state index in [0.717, 1.165) is 28.3 Å². The second-order valence-electron chi connectivity index (χ2n) is 5.71. The molecule has 0 aromatic heterocycles. The van der Waals surface area contributed by atoms with Crippen molar-refractivity contribution in [2.75, 3.05) is 5.32 Å². The summed E-state index contributed by atoms with van der Waals surface area (Å²) in [6, 6.07) is 22.8. The molecule has 1 amide bonds. The smallest absolute Gasteiger partial charge is 0.255 e. The van der Waals surface area contributed by atoms with Crippen LogP contribution in [0.4, 0.5) is 5.69 Å². The van der Waals surface area contributed by atoms with E-state index in [1.165, 1.54) is 0 Å². The lowest BCUT2D eigenvalue weighted by Crippen LogP contribution is -2.13. The Balaban J connectivity index is 1.68. The summed E-state index contributed by atoms with van der Waals surface area (Å²) in [5.74, 6) is 1.42. The highest BCUT2D eigenvalue weighted by Gasteiger charge is 2.08. The summed E-state index contributed by atoms with van der Waals surface area (Å²) >= 11 is 0. The Morgan fingerprint density at radius 2 is 1.58 bits per heavy atom. The maximum atomic E-state index is 12.3. The maximum absolute atomic E-state index is 12.3. The molecule has 0 atom stereocenters. The van der Waals surface area contributed by atoms with Crippen LogP contribution in [-0.2, 0) is 0 Å². The summed E-state index contributed by atoms with van der Waals surface area (Å²) in [7, 11) is 0. The first-order valence-electron chi connectivity index (χ1n) is 7.83. The molecular weight excluding hydrogens is 298 g/mol. The monoisotopic (exact) mass is 317 g/mol. The van der Waals surface area contributed by atoms with Crippen LogP contribution in [-0.4, -0.2) is 5.91 Å². The number of hydrogen-bond acceptors (Lipinski definition) is 2. The van der Waals surface area contributed by atoms with E-state index >= 15 is 0 Å². The van der Waals surface area contributed by atoms with Crippen molar-refractivity contribution in [3.8, 4) is 11.5 Å². The van der Waals surface area contributed by atoms with Gasteiger partial charge in [-0.1, -0.05) is 30.3 Å². The molecule has 1 N–H and O–H groups in total. The van der Waals surface area contributed by atoms with E-state index in [0.29, 0.717) is 5.56 Å². The molecule has 0 spiro atoms. The van der Waals surface area contributed by atoms with Gasteiger partial charge in [-0.3, -0.25) is 4.79 Å². The van der Waals surface area contributed by atoms with Crippen LogP contribution in [0.2, 0.25) is 0 Å². The van der Waals surface area contributed by atoms with Crippen molar-refractivity contribution in [1.82, 2.24) is 0 Å². The Hall–Kier alpha value is -3.07. The molecule has 24 heavy (non-hydrogen) atoms. The number of anilines is 1. The Bertz CT molecular complexity index is 854. The van der Waals surface area contributed by atoms with Crippen molar-refractivity contribution in [1.29, 1.82) is 0 Å². The molecular formula is C21H19NO2. The molecule has 0 heterocycles. The summed E-state index contributed by atoms with van der Waals surface area (Å²) in [6.45, 7) is 3.95. The van der Waals surface area contributed by atoms with Crippen LogP contribution in [0.25, 0.3) is 0 Å². The van der Waals surface area contributed by atoms with Crippen LogP contribution in [0.15, 0.2) is 72.8 Å². The fourth-order valence-electron chi connectivity index (χ4n) is 2.45. The number of amides is 1. The summed E-state index contributed by atoms with van der Waals surface area (Å²) < 4.78 is 5.81. The van der Waals surface area contributed by atoms with Gasteiger partial charge < -0.3 is 10.1 Å². The molecule has 3 heteroatoms. The molecule has 0 aliphatic rings. The van der Waals surface area contributed by atoms with Crippen LogP contribution in [0, 0.1) is 13.8 Å². The molecule has 0 radical (unpaired) electrons. The lowest BCUT2D eigenvalue weighted by atomic mass is 10.1. The summed E-state index contributed by atoms with van der Waals surface area (Å²) in [4.78, 5) is 12.3. The number of hydrogen-bond donors (Lipinski definition) is 1. The van der Waals surface area contributed by atoms with E-state index in [4.69, 9.17) is 4.74 Å². The molecule has 0 aliphatic carbocycles. The number of carbonyl (C=O) groups is 1. The summed E-state index contributed by atoms with van der Waals surface area (Å²) in [5.41, 5.74) is 3.52. The van der Waals surface area contributed by atoms with Gasteiger partial charge in [-0.15, -0.1) is 0 Å². The van der Waals surface area contributed by atoms with Crippen LogP contribution in [0.1, 0.15) is 21.5 Å². The largest absolute Gasteiger partial charge is 0.457 e. The Morgan fingerprint density at radius 3 is 2.29 bits per heavy atom. The van der Waals surface area contributed by atoms with Gasteiger partial charge in [0.05, 0.1) is 0 Å². The second kappa shape index (κ2) is 7.01. The average molecular weight is 317 g/mol. The van der Waals surface area contributed by atoms with E-state index in [-0.39, 0.29) is 5.91 Å². The van der Waals surface area contributed by atoms with Gasteiger partial charge in [0.2, 0.25) is 0 Å². The fourth-order valence-corrected chi connectivity index (χ4v) is 2.45. The quantitative estimate of drug-likeness (QED) is 0.704. The highest BCUT2D eigenvalue weighted by molar-refractivity contribution is 6.05. The van der Waals surface area contributed by atoms with Crippen LogP contribution < -0.4 is 10.1 Å². The van der Waals surface area contributed by atoms with Crippen molar-refractivity contribution in [2.24, 2.45) is 0 Å². The third-order valence-corrected chi connectivity index (χ3v) is 3.73. The SMILES string of the molecule is Cc1cccc(Oc2ccc(NC(=O)c3ccccc3C)cc2)c1. The van der Waals surface area contributed by atoms with Gasteiger partial charge in [0, 0.05) is 11.3 Å². The predicted octanol–water partition coefficient (Wildman–Crippen LogP) is 5.35. The first-order chi connectivity index (χ1) is 11.6. The lowest BCUT2D eigenvalue weighted by Gasteiger charge is -2.09.